The quantitative estimate of drug-likeness (QED) is 0.365. The van der Waals surface area contributed by atoms with Crippen molar-refractivity contribution < 1.29 is 17.9 Å². The van der Waals surface area contributed by atoms with Gasteiger partial charge in [-0.05, 0) is 53.2 Å². The molecular weight excluding hydrogens is 458 g/mol. The van der Waals surface area contributed by atoms with Gasteiger partial charge in [0.1, 0.15) is 12.1 Å². The number of halogens is 4. The summed E-state index contributed by atoms with van der Waals surface area (Å²) in [5.74, 6) is 0.293. The van der Waals surface area contributed by atoms with Gasteiger partial charge in [-0.3, -0.25) is 0 Å². The van der Waals surface area contributed by atoms with Gasteiger partial charge in [0, 0.05) is 5.56 Å². The Balaban J connectivity index is 1.77. The highest BCUT2D eigenvalue weighted by Crippen LogP contribution is 2.24. The van der Waals surface area contributed by atoms with E-state index in [2.05, 4.69) is 49.5 Å². The van der Waals surface area contributed by atoms with Gasteiger partial charge in [-0.1, -0.05) is 40.8 Å². The maximum atomic E-state index is 12.2. The third-order valence-corrected chi connectivity index (χ3v) is 4.37. The minimum absolute atomic E-state index is 0.274. The van der Waals surface area contributed by atoms with Crippen LogP contribution in [-0.2, 0) is 6.42 Å². The molecule has 8 heteroatoms. The van der Waals surface area contributed by atoms with E-state index < -0.39 is 6.36 Å². The SMILES string of the molecule is FC(F)(F)Oc1ccc(-n2cnc(-c3cccc(CCCI)c3)n2)cc1. The largest absolute Gasteiger partial charge is 0.573 e. The summed E-state index contributed by atoms with van der Waals surface area (Å²) in [6, 6.07) is 13.5. The summed E-state index contributed by atoms with van der Waals surface area (Å²) in [5, 5.41) is 4.42. The van der Waals surface area contributed by atoms with Gasteiger partial charge in [0.15, 0.2) is 5.82 Å². The van der Waals surface area contributed by atoms with Crippen LogP contribution >= 0.6 is 22.6 Å². The molecule has 0 aliphatic rings. The zero-order chi connectivity index (χ0) is 18.6. The average Bonchev–Trinajstić information content (AvgIpc) is 3.10. The summed E-state index contributed by atoms with van der Waals surface area (Å²) in [7, 11) is 0. The van der Waals surface area contributed by atoms with Gasteiger partial charge in [-0.2, -0.15) is 0 Å². The lowest BCUT2D eigenvalue weighted by Crippen LogP contribution is -2.17. The number of aromatic nitrogens is 3. The Labute approximate surface area is 162 Å². The van der Waals surface area contributed by atoms with Gasteiger partial charge in [-0.15, -0.1) is 18.3 Å². The number of hydrogen-bond acceptors (Lipinski definition) is 3. The molecule has 0 saturated heterocycles. The molecule has 0 spiro atoms. The van der Waals surface area contributed by atoms with E-state index in [1.54, 1.807) is 0 Å². The molecule has 0 radical (unpaired) electrons. The Morgan fingerprint density at radius 1 is 1.08 bits per heavy atom. The fraction of sp³-hybridized carbons (Fsp3) is 0.222. The summed E-state index contributed by atoms with van der Waals surface area (Å²) < 4.78 is 43.1. The van der Waals surface area contributed by atoms with Gasteiger partial charge < -0.3 is 4.74 Å². The Bertz CT molecular complexity index is 863. The first-order chi connectivity index (χ1) is 12.4. The lowest BCUT2D eigenvalue weighted by atomic mass is 10.1. The van der Waals surface area contributed by atoms with Crippen molar-refractivity contribution in [2.45, 2.75) is 19.2 Å². The molecule has 0 amide bonds. The number of nitrogens with zero attached hydrogens (tertiary/aromatic N) is 3. The van der Waals surface area contributed by atoms with E-state index in [0.29, 0.717) is 11.5 Å². The van der Waals surface area contributed by atoms with Gasteiger partial charge in [0.2, 0.25) is 0 Å². The first-order valence-electron chi connectivity index (χ1n) is 7.88. The number of alkyl halides is 4. The van der Waals surface area contributed by atoms with Crippen molar-refractivity contribution in [2.75, 3.05) is 4.43 Å². The molecule has 1 aromatic heterocycles. The maximum absolute atomic E-state index is 12.2. The van der Waals surface area contributed by atoms with E-state index in [4.69, 9.17) is 0 Å². The Hall–Kier alpha value is -2.10. The first kappa shape index (κ1) is 18.7. The fourth-order valence-electron chi connectivity index (χ4n) is 2.46. The van der Waals surface area contributed by atoms with Crippen molar-refractivity contribution in [1.29, 1.82) is 0 Å². The Morgan fingerprint density at radius 2 is 1.85 bits per heavy atom. The number of benzene rings is 2. The van der Waals surface area contributed by atoms with Crippen LogP contribution in [0, 0.1) is 0 Å². The molecule has 0 aliphatic heterocycles. The number of ether oxygens (including phenoxy) is 1. The second-order valence-electron chi connectivity index (χ2n) is 5.55. The normalized spacial score (nSPS) is 11.5. The lowest BCUT2D eigenvalue weighted by molar-refractivity contribution is -0.274. The fourth-order valence-corrected chi connectivity index (χ4v) is 2.84. The smallest absolute Gasteiger partial charge is 0.406 e. The third kappa shape index (κ3) is 4.96. The molecule has 0 bridgehead atoms. The van der Waals surface area contributed by atoms with E-state index in [-0.39, 0.29) is 5.75 Å². The molecule has 3 rings (SSSR count). The molecule has 3 aromatic rings. The van der Waals surface area contributed by atoms with Crippen molar-refractivity contribution in [3.8, 4) is 22.8 Å². The van der Waals surface area contributed by atoms with Crippen molar-refractivity contribution >= 4 is 22.6 Å². The number of hydrogen-bond donors (Lipinski definition) is 0. The van der Waals surface area contributed by atoms with Crippen LogP contribution in [0.1, 0.15) is 12.0 Å². The van der Waals surface area contributed by atoms with Crippen LogP contribution in [0.5, 0.6) is 5.75 Å². The van der Waals surface area contributed by atoms with Crippen molar-refractivity contribution in [3.05, 3.63) is 60.4 Å². The van der Waals surface area contributed by atoms with Crippen LogP contribution in [-0.4, -0.2) is 25.6 Å². The second kappa shape index (κ2) is 8.07. The molecule has 136 valence electrons. The van der Waals surface area contributed by atoms with E-state index in [0.717, 1.165) is 22.8 Å². The Kier molecular flexibility index (Phi) is 5.80. The van der Waals surface area contributed by atoms with Crippen LogP contribution in [0.15, 0.2) is 54.9 Å². The third-order valence-electron chi connectivity index (χ3n) is 3.61. The van der Waals surface area contributed by atoms with Crippen LogP contribution in [0.25, 0.3) is 17.1 Å². The molecule has 0 aliphatic carbocycles. The van der Waals surface area contributed by atoms with E-state index in [9.17, 15) is 13.2 Å². The summed E-state index contributed by atoms with van der Waals surface area (Å²) in [6.45, 7) is 0. The molecule has 0 saturated carbocycles. The zero-order valence-corrected chi connectivity index (χ0v) is 15.7. The molecule has 4 nitrogen and oxygen atoms in total. The first-order valence-corrected chi connectivity index (χ1v) is 9.40. The predicted octanol–water partition coefficient (Wildman–Crippen LogP) is 5.20. The molecule has 0 fully saturated rings. The number of aryl methyl sites for hydroxylation is 1. The van der Waals surface area contributed by atoms with Gasteiger partial charge >= 0.3 is 6.36 Å². The summed E-state index contributed by atoms with van der Waals surface area (Å²) in [5.41, 5.74) is 2.73. The zero-order valence-electron chi connectivity index (χ0n) is 13.6. The minimum Gasteiger partial charge on any atom is -0.406 e. The standard InChI is InChI=1S/C18H15F3IN3O/c19-18(20,21)26-16-8-6-15(7-9-16)25-12-23-17(24-25)14-5-1-3-13(11-14)4-2-10-22/h1,3,5-9,11-12H,2,4,10H2. The van der Waals surface area contributed by atoms with Crippen molar-refractivity contribution in [1.82, 2.24) is 14.8 Å². The Morgan fingerprint density at radius 3 is 2.54 bits per heavy atom. The van der Waals surface area contributed by atoms with Crippen molar-refractivity contribution in [2.24, 2.45) is 0 Å². The van der Waals surface area contributed by atoms with Gasteiger partial charge in [-0.25, -0.2) is 9.67 Å². The monoisotopic (exact) mass is 473 g/mol. The number of rotatable bonds is 6. The minimum atomic E-state index is -4.70. The molecule has 0 N–H and O–H groups in total. The van der Waals surface area contributed by atoms with Crippen LogP contribution in [0.2, 0.25) is 0 Å². The highest BCUT2D eigenvalue weighted by atomic mass is 127. The van der Waals surface area contributed by atoms with E-state index in [1.807, 2.05) is 12.1 Å². The molecular formula is C18H15F3IN3O. The van der Waals surface area contributed by atoms with Crippen LogP contribution in [0.4, 0.5) is 13.2 Å². The van der Waals surface area contributed by atoms with E-state index >= 15 is 0 Å². The van der Waals surface area contributed by atoms with Gasteiger partial charge in [0.05, 0.1) is 5.69 Å². The molecule has 0 unspecified atom stereocenters. The topological polar surface area (TPSA) is 39.9 Å². The highest BCUT2D eigenvalue weighted by molar-refractivity contribution is 14.1. The molecule has 0 atom stereocenters. The molecule has 26 heavy (non-hydrogen) atoms. The summed E-state index contributed by atoms with van der Waals surface area (Å²) in [4.78, 5) is 4.31. The highest BCUT2D eigenvalue weighted by Gasteiger charge is 2.30. The summed E-state index contributed by atoms with van der Waals surface area (Å²) >= 11 is 2.35. The van der Waals surface area contributed by atoms with Crippen LogP contribution < -0.4 is 4.74 Å². The predicted molar refractivity (Wildman–Crippen MR) is 101 cm³/mol. The van der Waals surface area contributed by atoms with E-state index in [1.165, 1.54) is 40.8 Å². The summed E-state index contributed by atoms with van der Waals surface area (Å²) in [6.07, 6.45) is -1.06. The van der Waals surface area contributed by atoms with Crippen molar-refractivity contribution in [3.63, 3.8) is 0 Å². The van der Waals surface area contributed by atoms with Gasteiger partial charge in [0.25, 0.3) is 0 Å². The molecule has 1 heterocycles. The average molecular weight is 473 g/mol. The second-order valence-corrected chi connectivity index (χ2v) is 6.63. The van der Waals surface area contributed by atoms with Crippen LogP contribution in [0.3, 0.4) is 0 Å². The maximum Gasteiger partial charge on any atom is 0.573 e. The molecule has 2 aromatic carbocycles. The lowest BCUT2D eigenvalue weighted by Gasteiger charge is -2.09.